The molecule has 0 atom stereocenters. The second-order valence-corrected chi connectivity index (χ2v) is 7.52. The van der Waals surface area contributed by atoms with Gasteiger partial charge in [-0.15, -0.1) is 11.8 Å². The summed E-state index contributed by atoms with van der Waals surface area (Å²) in [7, 11) is 0. The Hall–Kier alpha value is -0.740. The van der Waals surface area contributed by atoms with Crippen LogP contribution in [0.25, 0.3) is 0 Å². The summed E-state index contributed by atoms with van der Waals surface area (Å²) in [5.41, 5.74) is 8.41. The van der Waals surface area contributed by atoms with Crippen LogP contribution < -0.4 is 10.6 Å². The molecule has 0 spiro atoms. The first-order chi connectivity index (χ1) is 9.70. The second kappa shape index (κ2) is 5.94. The van der Waals surface area contributed by atoms with Gasteiger partial charge in [-0.2, -0.15) is 0 Å². The Balaban J connectivity index is 1.96. The standard InChI is InChI=1S/C16H22N2S2/c1-2-20-14-5-3-4-13(15(14)16(17)19)18(12-8-9-12)10-11-6-7-11/h3-5,11-12H,2,6-10H2,1H3,(H2,17,19). The summed E-state index contributed by atoms with van der Waals surface area (Å²) in [6.07, 6.45) is 5.40. The van der Waals surface area contributed by atoms with E-state index in [1.807, 2.05) is 11.8 Å². The molecule has 1 aromatic carbocycles. The maximum absolute atomic E-state index is 6.04. The highest BCUT2D eigenvalue weighted by Crippen LogP contribution is 2.40. The monoisotopic (exact) mass is 306 g/mol. The van der Waals surface area contributed by atoms with Gasteiger partial charge in [0.2, 0.25) is 0 Å². The van der Waals surface area contributed by atoms with Gasteiger partial charge < -0.3 is 10.6 Å². The Morgan fingerprint density at radius 3 is 2.65 bits per heavy atom. The van der Waals surface area contributed by atoms with E-state index in [0.29, 0.717) is 11.0 Å². The molecular formula is C16H22N2S2. The molecule has 0 radical (unpaired) electrons. The highest BCUT2D eigenvalue weighted by Gasteiger charge is 2.35. The third-order valence-electron chi connectivity index (χ3n) is 4.00. The van der Waals surface area contributed by atoms with E-state index in [9.17, 15) is 0 Å². The smallest absolute Gasteiger partial charge is 0.107 e. The van der Waals surface area contributed by atoms with Crippen molar-refractivity contribution in [2.45, 2.75) is 43.5 Å². The van der Waals surface area contributed by atoms with Crippen LogP contribution in [0.15, 0.2) is 23.1 Å². The fraction of sp³-hybridized carbons (Fsp3) is 0.562. The van der Waals surface area contributed by atoms with Crippen LogP contribution in [-0.4, -0.2) is 23.3 Å². The van der Waals surface area contributed by atoms with Crippen molar-refractivity contribution >= 4 is 34.7 Å². The number of hydrogen-bond acceptors (Lipinski definition) is 3. The fourth-order valence-electron chi connectivity index (χ4n) is 2.69. The summed E-state index contributed by atoms with van der Waals surface area (Å²) in [5, 5.41) is 0. The van der Waals surface area contributed by atoms with E-state index in [1.54, 1.807) is 0 Å². The van der Waals surface area contributed by atoms with Gasteiger partial charge in [0.25, 0.3) is 0 Å². The zero-order valence-corrected chi connectivity index (χ0v) is 13.6. The lowest BCUT2D eigenvalue weighted by Gasteiger charge is -2.28. The highest BCUT2D eigenvalue weighted by molar-refractivity contribution is 7.99. The molecular weight excluding hydrogens is 284 g/mol. The number of anilines is 1. The summed E-state index contributed by atoms with van der Waals surface area (Å²) in [4.78, 5) is 4.35. The van der Waals surface area contributed by atoms with E-state index in [-0.39, 0.29) is 0 Å². The third kappa shape index (κ3) is 3.12. The van der Waals surface area contributed by atoms with Crippen molar-refractivity contribution in [2.24, 2.45) is 11.7 Å². The van der Waals surface area contributed by atoms with E-state index in [1.165, 1.54) is 42.8 Å². The first-order valence-corrected chi connectivity index (χ1v) is 8.92. The predicted octanol–water partition coefficient (Wildman–Crippen LogP) is 3.81. The maximum atomic E-state index is 6.04. The molecule has 2 fully saturated rings. The van der Waals surface area contributed by atoms with E-state index < -0.39 is 0 Å². The Morgan fingerprint density at radius 2 is 2.10 bits per heavy atom. The normalized spacial score (nSPS) is 18.1. The van der Waals surface area contributed by atoms with Crippen LogP contribution in [0.4, 0.5) is 5.69 Å². The number of rotatable bonds is 7. The second-order valence-electron chi connectivity index (χ2n) is 5.77. The average Bonchev–Trinajstić information content (AvgIpc) is 3.28. The van der Waals surface area contributed by atoms with Crippen molar-refractivity contribution in [1.82, 2.24) is 0 Å². The summed E-state index contributed by atoms with van der Waals surface area (Å²) in [6.45, 7) is 3.35. The Bertz CT molecular complexity index is 507. The van der Waals surface area contributed by atoms with Gasteiger partial charge in [-0.05, 0) is 49.5 Å². The molecule has 0 aliphatic heterocycles. The summed E-state index contributed by atoms with van der Waals surface area (Å²) in [6, 6.07) is 7.21. The third-order valence-corrected chi connectivity index (χ3v) is 5.14. The average molecular weight is 306 g/mol. The van der Waals surface area contributed by atoms with Crippen molar-refractivity contribution in [3.8, 4) is 0 Å². The predicted molar refractivity (Wildman–Crippen MR) is 91.8 cm³/mol. The highest BCUT2D eigenvalue weighted by atomic mass is 32.2. The van der Waals surface area contributed by atoms with Gasteiger partial charge >= 0.3 is 0 Å². The molecule has 2 aliphatic rings. The number of hydrogen-bond donors (Lipinski definition) is 1. The zero-order chi connectivity index (χ0) is 14.1. The van der Waals surface area contributed by atoms with Crippen LogP contribution in [0, 0.1) is 5.92 Å². The van der Waals surface area contributed by atoms with E-state index in [4.69, 9.17) is 18.0 Å². The first kappa shape index (κ1) is 14.2. The van der Waals surface area contributed by atoms with Gasteiger partial charge in [-0.3, -0.25) is 0 Å². The molecule has 4 heteroatoms. The van der Waals surface area contributed by atoms with Crippen LogP contribution in [0.5, 0.6) is 0 Å². The number of thiocarbonyl (C=S) groups is 1. The largest absolute Gasteiger partial charge is 0.389 e. The number of benzene rings is 1. The number of nitrogens with two attached hydrogens (primary N) is 1. The topological polar surface area (TPSA) is 29.3 Å². The first-order valence-electron chi connectivity index (χ1n) is 7.53. The van der Waals surface area contributed by atoms with Gasteiger partial charge in [-0.1, -0.05) is 25.2 Å². The van der Waals surface area contributed by atoms with Crippen LogP contribution in [-0.2, 0) is 0 Å². The molecule has 2 nitrogen and oxygen atoms in total. The Morgan fingerprint density at radius 1 is 1.35 bits per heavy atom. The van der Waals surface area contributed by atoms with E-state index in [0.717, 1.165) is 17.2 Å². The van der Waals surface area contributed by atoms with Crippen LogP contribution >= 0.6 is 24.0 Å². The minimum Gasteiger partial charge on any atom is -0.389 e. The van der Waals surface area contributed by atoms with Crippen LogP contribution in [0.2, 0.25) is 0 Å². The van der Waals surface area contributed by atoms with Crippen molar-refractivity contribution in [3.05, 3.63) is 23.8 Å². The van der Waals surface area contributed by atoms with Crippen molar-refractivity contribution in [3.63, 3.8) is 0 Å². The quantitative estimate of drug-likeness (QED) is 0.613. The Labute approximate surface area is 131 Å². The van der Waals surface area contributed by atoms with E-state index >= 15 is 0 Å². The van der Waals surface area contributed by atoms with Crippen molar-refractivity contribution in [1.29, 1.82) is 0 Å². The minimum absolute atomic E-state index is 0.540. The van der Waals surface area contributed by atoms with Gasteiger partial charge in [0.1, 0.15) is 4.99 Å². The molecule has 1 aromatic rings. The molecule has 0 saturated heterocycles. The van der Waals surface area contributed by atoms with Crippen LogP contribution in [0.3, 0.4) is 0 Å². The lowest BCUT2D eigenvalue weighted by Crippen LogP contribution is -2.30. The van der Waals surface area contributed by atoms with Crippen molar-refractivity contribution in [2.75, 3.05) is 17.2 Å². The van der Waals surface area contributed by atoms with Gasteiger partial charge in [0.15, 0.2) is 0 Å². The summed E-state index contributed by atoms with van der Waals surface area (Å²) >= 11 is 7.18. The fourth-order valence-corrected chi connectivity index (χ4v) is 3.82. The molecule has 0 aromatic heterocycles. The molecule has 0 unspecified atom stereocenters. The van der Waals surface area contributed by atoms with Gasteiger partial charge in [-0.25, -0.2) is 0 Å². The number of thioether (sulfide) groups is 1. The summed E-state index contributed by atoms with van der Waals surface area (Å²) < 4.78 is 0. The van der Waals surface area contributed by atoms with E-state index in [2.05, 4.69) is 30.0 Å². The molecule has 2 N–H and O–H groups in total. The summed E-state index contributed by atoms with van der Waals surface area (Å²) in [5.74, 6) is 1.93. The molecule has 0 heterocycles. The van der Waals surface area contributed by atoms with Gasteiger partial charge in [0, 0.05) is 28.7 Å². The van der Waals surface area contributed by atoms with Crippen LogP contribution in [0.1, 0.15) is 38.2 Å². The molecule has 0 amide bonds. The maximum Gasteiger partial charge on any atom is 0.107 e. The SMILES string of the molecule is CCSc1cccc(N(CC2CC2)C2CC2)c1C(N)=S. The molecule has 2 saturated carbocycles. The molecule has 20 heavy (non-hydrogen) atoms. The molecule has 2 aliphatic carbocycles. The molecule has 3 rings (SSSR count). The van der Waals surface area contributed by atoms with Crippen molar-refractivity contribution < 1.29 is 0 Å². The zero-order valence-electron chi connectivity index (χ0n) is 12.0. The number of nitrogens with zero attached hydrogens (tertiary/aromatic N) is 1. The Kier molecular flexibility index (Phi) is 4.22. The molecule has 0 bridgehead atoms. The lowest BCUT2D eigenvalue weighted by atomic mass is 10.1. The minimum atomic E-state index is 0.540. The van der Waals surface area contributed by atoms with Gasteiger partial charge in [0.05, 0.1) is 0 Å². The molecule has 108 valence electrons. The lowest BCUT2D eigenvalue weighted by molar-refractivity contribution is 0.717.